The van der Waals surface area contributed by atoms with Crippen molar-refractivity contribution in [1.29, 1.82) is 0 Å². The van der Waals surface area contributed by atoms with Crippen LogP contribution in [-0.2, 0) is 0 Å². The van der Waals surface area contributed by atoms with Gasteiger partial charge in [-0.3, -0.25) is 0 Å². The maximum atomic E-state index is 10.2. The Labute approximate surface area is 212 Å². The van der Waals surface area contributed by atoms with E-state index in [-0.39, 0.29) is 6.01 Å². The highest BCUT2D eigenvalue weighted by molar-refractivity contribution is 6.36. The molecular weight excluding hydrogens is 455 g/mol. The van der Waals surface area contributed by atoms with Gasteiger partial charge in [0.1, 0.15) is 5.75 Å². The number of hydrogen-bond donors (Lipinski definition) is 3. The largest absolute Gasteiger partial charge is 0.787 e. The molecule has 8 heteroatoms. The fourth-order valence-electron chi connectivity index (χ4n) is 2.72. The summed E-state index contributed by atoms with van der Waals surface area (Å²) in [5.41, 5.74) is 1.21. The van der Waals surface area contributed by atoms with Gasteiger partial charge in [0, 0.05) is 11.1 Å². The summed E-state index contributed by atoms with van der Waals surface area (Å²) in [6.45, 7) is 6.31. The average molecular weight is 486 g/mol. The SMILES string of the molecule is CC(C)(O)C(C)(C)O.OB(Oc1ccccc1)Oc1nc(-c2ccccc2)cc(-c2ccccc2)n1. The monoisotopic (exact) mass is 486 g/mol. The highest BCUT2D eigenvalue weighted by atomic mass is 16.7. The molecule has 0 saturated heterocycles. The number of para-hydroxylation sites is 1. The van der Waals surface area contributed by atoms with Gasteiger partial charge in [-0.25, -0.2) is 0 Å². The summed E-state index contributed by atoms with van der Waals surface area (Å²) < 4.78 is 10.8. The van der Waals surface area contributed by atoms with E-state index >= 15 is 0 Å². The molecule has 0 radical (unpaired) electrons. The zero-order chi connectivity index (χ0) is 26.2. The second-order valence-corrected chi connectivity index (χ2v) is 9.13. The third-order valence-electron chi connectivity index (χ3n) is 5.53. The van der Waals surface area contributed by atoms with Crippen LogP contribution >= 0.6 is 0 Å². The number of aliphatic hydroxyl groups is 2. The van der Waals surface area contributed by atoms with Gasteiger partial charge in [0.2, 0.25) is 0 Å². The average Bonchev–Trinajstić information content (AvgIpc) is 2.85. The molecule has 4 rings (SSSR count). The fourth-order valence-corrected chi connectivity index (χ4v) is 2.72. The van der Waals surface area contributed by atoms with Crippen LogP contribution in [0.25, 0.3) is 22.5 Å². The highest BCUT2D eigenvalue weighted by Crippen LogP contribution is 2.26. The number of nitrogens with zero attached hydrogens (tertiary/aromatic N) is 2. The van der Waals surface area contributed by atoms with E-state index in [1.54, 1.807) is 39.8 Å². The lowest BCUT2D eigenvalue weighted by Crippen LogP contribution is -2.44. The molecule has 186 valence electrons. The van der Waals surface area contributed by atoms with Crippen molar-refractivity contribution < 1.29 is 24.5 Å². The van der Waals surface area contributed by atoms with Crippen LogP contribution in [0.3, 0.4) is 0 Å². The molecule has 36 heavy (non-hydrogen) atoms. The molecule has 0 unspecified atom stereocenters. The van der Waals surface area contributed by atoms with Gasteiger partial charge in [-0.2, -0.15) is 9.97 Å². The van der Waals surface area contributed by atoms with E-state index in [0.717, 1.165) is 11.1 Å². The predicted octanol–water partition coefficient (Wildman–Crippen LogP) is 4.77. The second-order valence-electron chi connectivity index (χ2n) is 9.13. The van der Waals surface area contributed by atoms with Gasteiger partial charge in [0.05, 0.1) is 22.6 Å². The Bertz CT molecular complexity index is 1140. The standard InChI is InChI=1S/C22H17BN2O3.C6H14O2/c26-23(27-19-14-8-3-9-15-19)28-22-24-20(17-10-4-1-5-11-17)16-21(25-22)18-12-6-2-7-13-18;1-5(2,7)6(3,4)8/h1-16,26H;7-8H,1-4H3. The van der Waals surface area contributed by atoms with Crippen LogP contribution in [0.5, 0.6) is 11.8 Å². The van der Waals surface area contributed by atoms with Crippen LogP contribution < -0.4 is 9.31 Å². The molecule has 0 saturated carbocycles. The summed E-state index contributed by atoms with van der Waals surface area (Å²) in [5.74, 6) is 0.484. The van der Waals surface area contributed by atoms with Gasteiger partial charge in [0.25, 0.3) is 0 Å². The van der Waals surface area contributed by atoms with E-state index in [0.29, 0.717) is 17.1 Å². The van der Waals surface area contributed by atoms with Gasteiger partial charge in [-0.15, -0.1) is 0 Å². The van der Waals surface area contributed by atoms with E-state index in [9.17, 15) is 5.02 Å². The molecule has 1 heterocycles. The number of aromatic nitrogens is 2. The second kappa shape index (κ2) is 11.8. The Balaban J connectivity index is 0.000000392. The Kier molecular flexibility index (Phi) is 8.82. The number of rotatable bonds is 7. The summed E-state index contributed by atoms with van der Waals surface area (Å²) in [6, 6.07) is 30.3. The van der Waals surface area contributed by atoms with Gasteiger partial charge in [-0.05, 0) is 45.9 Å². The molecule has 0 fully saturated rings. The first-order valence-corrected chi connectivity index (χ1v) is 11.5. The summed E-state index contributed by atoms with van der Waals surface area (Å²) in [7, 11) is -1.53. The first-order chi connectivity index (χ1) is 17.0. The zero-order valence-corrected chi connectivity index (χ0v) is 20.9. The smallest absolute Gasteiger partial charge is 0.501 e. The number of benzene rings is 3. The van der Waals surface area contributed by atoms with E-state index in [4.69, 9.17) is 19.5 Å². The number of hydrogen-bond acceptors (Lipinski definition) is 7. The molecule has 3 N–H and O–H groups in total. The van der Waals surface area contributed by atoms with Crippen LogP contribution in [0.15, 0.2) is 97.1 Å². The van der Waals surface area contributed by atoms with Crippen molar-refractivity contribution in [2.75, 3.05) is 0 Å². The van der Waals surface area contributed by atoms with Crippen LogP contribution in [0.1, 0.15) is 27.7 Å². The molecule has 0 aliphatic heterocycles. The molecule has 3 aromatic carbocycles. The Morgan fingerprint density at radius 1 is 0.611 bits per heavy atom. The molecule has 4 aromatic rings. The molecule has 0 atom stereocenters. The van der Waals surface area contributed by atoms with Gasteiger partial charge < -0.3 is 24.5 Å². The Morgan fingerprint density at radius 2 is 1.00 bits per heavy atom. The molecule has 7 nitrogen and oxygen atoms in total. The first kappa shape index (κ1) is 26.9. The van der Waals surface area contributed by atoms with E-state index < -0.39 is 18.5 Å². The van der Waals surface area contributed by atoms with Crippen molar-refractivity contribution in [1.82, 2.24) is 9.97 Å². The van der Waals surface area contributed by atoms with E-state index in [2.05, 4.69) is 9.97 Å². The van der Waals surface area contributed by atoms with Crippen molar-refractivity contribution >= 4 is 7.32 Å². The van der Waals surface area contributed by atoms with Crippen LogP contribution in [0, 0.1) is 0 Å². The quantitative estimate of drug-likeness (QED) is 0.323. The summed E-state index contributed by atoms with van der Waals surface area (Å²) in [6.07, 6.45) is 0. The third kappa shape index (κ3) is 7.91. The lowest BCUT2D eigenvalue weighted by Gasteiger charge is -2.31. The first-order valence-electron chi connectivity index (χ1n) is 11.5. The third-order valence-corrected chi connectivity index (χ3v) is 5.53. The minimum Gasteiger partial charge on any atom is -0.501 e. The summed E-state index contributed by atoms with van der Waals surface area (Å²) >= 11 is 0. The van der Waals surface area contributed by atoms with Crippen LogP contribution in [0.4, 0.5) is 0 Å². The molecule has 0 bridgehead atoms. The van der Waals surface area contributed by atoms with Crippen molar-refractivity contribution in [2.45, 2.75) is 38.9 Å². The van der Waals surface area contributed by atoms with Crippen molar-refractivity contribution in [3.8, 4) is 34.3 Å². The van der Waals surface area contributed by atoms with Crippen molar-refractivity contribution in [2.24, 2.45) is 0 Å². The lowest BCUT2D eigenvalue weighted by atomic mass is 9.90. The summed E-state index contributed by atoms with van der Waals surface area (Å²) in [4.78, 5) is 8.87. The van der Waals surface area contributed by atoms with Gasteiger partial charge >= 0.3 is 13.3 Å². The fraction of sp³-hybridized carbons (Fsp3) is 0.214. The maximum Gasteiger partial charge on any atom is 0.787 e. The molecule has 0 aliphatic rings. The highest BCUT2D eigenvalue weighted by Gasteiger charge is 2.32. The minimum atomic E-state index is -1.53. The topological polar surface area (TPSA) is 105 Å². The van der Waals surface area contributed by atoms with E-state index in [1.165, 1.54) is 0 Å². The Morgan fingerprint density at radius 3 is 1.39 bits per heavy atom. The van der Waals surface area contributed by atoms with Gasteiger partial charge in [-0.1, -0.05) is 78.9 Å². The normalized spacial score (nSPS) is 11.2. The van der Waals surface area contributed by atoms with Crippen LogP contribution in [0.2, 0.25) is 0 Å². The molecule has 0 amide bonds. The molecule has 0 aliphatic carbocycles. The Hall–Kier alpha value is -3.72. The van der Waals surface area contributed by atoms with Crippen molar-refractivity contribution in [3.63, 3.8) is 0 Å². The minimum absolute atomic E-state index is 0.0311. The molecule has 0 spiro atoms. The molecule has 1 aromatic heterocycles. The van der Waals surface area contributed by atoms with Crippen LogP contribution in [-0.4, -0.2) is 43.7 Å². The van der Waals surface area contributed by atoms with Gasteiger partial charge in [0.15, 0.2) is 0 Å². The maximum absolute atomic E-state index is 10.2. The lowest BCUT2D eigenvalue weighted by molar-refractivity contribution is -0.107. The summed E-state index contributed by atoms with van der Waals surface area (Å²) in [5, 5.41) is 28.4. The predicted molar refractivity (Wildman–Crippen MR) is 141 cm³/mol. The van der Waals surface area contributed by atoms with Crippen molar-refractivity contribution in [3.05, 3.63) is 97.1 Å². The van der Waals surface area contributed by atoms with E-state index in [1.807, 2.05) is 84.9 Å². The molecular formula is C28H31BN2O5. The zero-order valence-electron chi connectivity index (χ0n) is 20.9.